The fourth-order valence-corrected chi connectivity index (χ4v) is 16.4. The van der Waals surface area contributed by atoms with Gasteiger partial charge >= 0.3 is 29.8 Å². The second kappa shape index (κ2) is 51.5. The van der Waals surface area contributed by atoms with Crippen LogP contribution in [0.15, 0.2) is 218 Å². The summed E-state index contributed by atoms with van der Waals surface area (Å²) in [6.45, 7) is 27.0. The molecule has 0 aliphatic carbocycles. The monoisotopic (exact) mass is 2000 g/mol. The zero-order valence-corrected chi connectivity index (χ0v) is 85.4. The molecule has 33 nitrogen and oxygen atoms in total. The Kier molecular flexibility index (Phi) is 39.3. The lowest BCUT2D eigenvalue weighted by atomic mass is 10.1. The van der Waals surface area contributed by atoms with E-state index in [1.54, 1.807) is 97.1 Å². The molecule has 0 saturated carbocycles. The van der Waals surface area contributed by atoms with Crippen LogP contribution in [0.3, 0.4) is 0 Å². The minimum atomic E-state index is -4.26. The van der Waals surface area contributed by atoms with Gasteiger partial charge in [-0.15, -0.1) is 0 Å². The maximum absolute atomic E-state index is 13.1. The molecule has 1 unspecified atom stereocenters. The zero-order chi connectivity index (χ0) is 105. The third-order valence-electron chi connectivity index (χ3n) is 24.7. The van der Waals surface area contributed by atoms with Crippen LogP contribution in [0.1, 0.15) is 219 Å². The average molecular weight is 2000 g/mol. The van der Waals surface area contributed by atoms with Crippen molar-refractivity contribution >= 4 is 93.1 Å². The Morgan fingerprint density at radius 1 is 0.324 bits per heavy atom. The topological polar surface area (TPSA) is 375 Å². The average Bonchev–Trinajstić information content (AvgIpc) is 1.64. The van der Waals surface area contributed by atoms with Crippen molar-refractivity contribution in [2.75, 3.05) is 161 Å². The molecule has 10 aromatic rings. The van der Waals surface area contributed by atoms with Crippen molar-refractivity contribution in [2.45, 2.75) is 86.3 Å². The van der Waals surface area contributed by atoms with Gasteiger partial charge in [-0.3, -0.25) is 72.2 Å². The molecule has 34 heteroatoms. The highest BCUT2D eigenvalue weighted by molar-refractivity contribution is 7.86. The van der Waals surface area contributed by atoms with Gasteiger partial charge in [0.2, 0.25) is 0 Å². The zero-order valence-electron chi connectivity index (χ0n) is 84.6. The van der Waals surface area contributed by atoms with Gasteiger partial charge in [-0.25, -0.2) is 24.0 Å². The van der Waals surface area contributed by atoms with Crippen molar-refractivity contribution < 1.29 is 104 Å². The normalized spacial score (nSPS) is 13.9. The van der Waals surface area contributed by atoms with Crippen LogP contribution in [0.25, 0.3) is 0 Å². The summed E-state index contributed by atoms with van der Waals surface area (Å²) in [6.07, 6.45) is 2.45. The molecular formula is C111H125N11O22S. The molecule has 1 atom stereocenters. The third-order valence-corrected chi connectivity index (χ3v) is 25.9. The lowest BCUT2D eigenvalue weighted by Gasteiger charge is -2.33. The number of aryl methyl sites for hydroxylation is 5. The Balaban J connectivity index is 0.000000173. The van der Waals surface area contributed by atoms with Crippen LogP contribution in [0.5, 0.6) is 28.7 Å². The SMILES string of the molecule is CCN(CC)CCCN1C(=O)c2ccc(C(=O)Oc3cccc(C)c3)cc2C1=O.Cc1ccc(OC(=O)c2ccc(C(=O)N(CCCN(C)C)CCCN(C)C)cc2)cc1.Cc1ccc(OC(=O)c2ccc3c(c2)C(=O)N(CCN(C)C)C3=O)cc1.Cc1ccc(OC(=O)c2ccc3c(c2)C(=O)N(CCN2CCN(C)CC2)C3=O)cc1.Cc1cccc(OC(=O)c2ccc3c(c2)C(=O)N(CCC(C)S(=O)(=O)O)C3=O)c1. The second-order valence-corrected chi connectivity index (χ2v) is 38.6. The molecule has 9 amide bonds. The second-order valence-electron chi connectivity index (χ2n) is 36.7. The standard InChI is InChI=1S/C25H35N3O3.C23H25N3O4.C23H26N2O4.C20H20N2O4.C20H19NO7S/c1-20-8-14-23(15-9-20)31-25(30)22-12-10-21(11-13-22)24(29)28(18-6-16-26(2)3)19-7-17-27(4)5;1-16-3-6-18(7-4-16)30-23(29)17-5-8-19-20(15-17)22(28)26(21(19)27)14-13-25-11-9-24(2)10-12-25;1-4-24(5-2)12-7-13-25-21(26)19-11-10-17(15-20(19)22(25)27)23(28)29-18-9-6-8-16(3)14-18;1-13-4-7-15(8-5-13)26-20(25)14-6-9-16-17(12-14)19(24)22(18(16)23)11-10-21(2)3;1-12-4-3-5-15(10-12)28-20(24)14-6-7-16-17(11-14)19(23)21(18(16)22)9-8-13(2)29(25,26)27/h8-15H,6-7,16-19H2,1-5H3;3-8,15H,9-14H2,1-2H3;6,8-11,14-15H,4-5,7,12-13H2,1-3H3;4-9,12H,10-11H2,1-3H3;3-7,10-11,13H,8-9H2,1-2H3,(H,25,26,27). The van der Waals surface area contributed by atoms with Crippen LogP contribution in [0.4, 0.5) is 0 Å². The van der Waals surface area contributed by atoms with Gasteiger partial charge in [-0.05, 0) is 318 Å². The molecule has 5 aliphatic heterocycles. The van der Waals surface area contributed by atoms with E-state index in [-0.39, 0.29) is 104 Å². The molecule has 10 aromatic carbocycles. The summed E-state index contributed by atoms with van der Waals surface area (Å²) in [5.74, 6) is -3.85. The van der Waals surface area contributed by atoms with Crippen molar-refractivity contribution in [1.29, 1.82) is 0 Å². The minimum Gasteiger partial charge on any atom is -0.423 e. The number of ether oxygens (including phenoxy) is 5. The number of hydrogen-bond donors (Lipinski definition) is 1. The van der Waals surface area contributed by atoms with Crippen LogP contribution in [0.2, 0.25) is 0 Å². The smallest absolute Gasteiger partial charge is 0.343 e. The fourth-order valence-electron chi connectivity index (χ4n) is 16.0. The predicted octanol–water partition coefficient (Wildman–Crippen LogP) is 14.0. The molecule has 1 N–H and O–H groups in total. The van der Waals surface area contributed by atoms with Gasteiger partial charge in [0, 0.05) is 84.1 Å². The summed E-state index contributed by atoms with van der Waals surface area (Å²) in [4.78, 5) is 195. The molecule has 0 spiro atoms. The number of imide groups is 4. The number of esters is 5. The van der Waals surface area contributed by atoms with Gasteiger partial charge in [-0.2, -0.15) is 8.42 Å². The predicted molar refractivity (Wildman–Crippen MR) is 547 cm³/mol. The Morgan fingerprint density at radius 3 is 0.972 bits per heavy atom. The van der Waals surface area contributed by atoms with E-state index in [2.05, 4.69) is 45.4 Å². The van der Waals surface area contributed by atoms with E-state index in [0.717, 1.165) is 111 Å². The van der Waals surface area contributed by atoms with E-state index in [4.69, 9.17) is 28.2 Å². The first-order valence-corrected chi connectivity index (χ1v) is 49.5. The molecule has 0 bridgehead atoms. The number of carbonyl (C=O) groups excluding carboxylic acids is 14. The first-order valence-electron chi connectivity index (χ1n) is 47.9. The highest BCUT2D eigenvalue weighted by Crippen LogP contribution is 2.32. The van der Waals surface area contributed by atoms with Gasteiger partial charge in [0.05, 0.1) is 77.6 Å². The highest BCUT2D eigenvalue weighted by Gasteiger charge is 2.41. The number of benzene rings is 10. The summed E-state index contributed by atoms with van der Waals surface area (Å²) in [6, 6.07) is 59.9. The summed E-state index contributed by atoms with van der Waals surface area (Å²) >= 11 is 0. The van der Waals surface area contributed by atoms with E-state index in [1.807, 2.05) is 135 Å². The molecule has 5 heterocycles. The molecule has 145 heavy (non-hydrogen) atoms. The largest absolute Gasteiger partial charge is 0.423 e. The Labute approximate surface area is 845 Å². The summed E-state index contributed by atoms with van der Waals surface area (Å²) < 4.78 is 58.1. The Hall–Kier alpha value is -14.8. The summed E-state index contributed by atoms with van der Waals surface area (Å²) in [5.41, 5.74) is 8.90. The van der Waals surface area contributed by atoms with E-state index in [9.17, 15) is 75.5 Å². The maximum Gasteiger partial charge on any atom is 0.343 e. The van der Waals surface area contributed by atoms with E-state index in [1.165, 1.54) is 94.4 Å². The first-order chi connectivity index (χ1) is 69.1. The number of likely N-dealkylation sites (N-methyl/N-ethyl adjacent to an activating group) is 2. The third kappa shape index (κ3) is 30.4. The molecule has 15 rings (SSSR count). The minimum absolute atomic E-state index is 0.00374. The first kappa shape index (κ1) is 111. The summed E-state index contributed by atoms with van der Waals surface area (Å²) in [7, 11) is 9.71. The van der Waals surface area contributed by atoms with Crippen molar-refractivity contribution in [3.63, 3.8) is 0 Å². The van der Waals surface area contributed by atoms with Gasteiger partial charge in [0.1, 0.15) is 28.7 Å². The van der Waals surface area contributed by atoms with Crippen LogP contribution in [-0.4, -0.2) is 316 Å². The summed E-state index contributed by atoms with van der Waals surface area (Å²) in [5, 5.41) is -1.12. The lowest BCUT2D eigenvalue weighted by Crippen LogP contribution is -2.47. The molecule has 762 valence electrons. The lowest BCUT2D eigenvalue weighted by molar-refractivity contribution is 0.0610. The van der Waals surface area contributed by atoms with Crippen LogP contribution in [0, 0.1) is 34.6 Å². The number of rotatable bonds is 35. The van der Waals surface area contributed by atoms with Crippen molar-refractivity contribution in [3.05, 3.63) is 324 Å². The number of hydrogen-bond acceptors (Lipinski definition) is 27. The van der Waals surface area contributed by atoms with Gasteiger partial charge in [-0.1, -0.05) is 91.2 Å². The van der Waals surface area contributed by atoms with Crippen LogP contribution in [-0.2, 0) is 10.1 Å². The Bertz CT molecular complexity index is 6520. The molecular weight excluding hydrogens is 1870 g/mol. The Morgan fingerprint density at radius 2 is 0.634 bits per heavy atom. The molecule has 0 radical (unpaired) electrons. The number of carbonyl (C=O) groups is 14. The van der Waals surface area contributed by atoms with Crippen LogP contribution < -0.4 is 23.7 Å². The van der Waals surface area contributed by atoms with Gasteiger partial charge < -0.3 is 53.1 Å². The number of piperazine rings is 1. The van der Waals surface area contributed by atoms with Crippen molar-refractivity contribution in [3.8, 4) is 28.7 Å². The van der Waals surface area contributed by atoms with Gasteiger partial charge in [0.25, 0.3) is 63.3 Å². The highest BCUT2D eigenvalue weighted by atomic mass is 32.2. The number of fused-ring (bicyclic) bond motifs is 4. The number of amides is 9. The van der Waals surface area contributed by atoms with Crippen LogP contribution >= 0.6 is 0 Å². The molecule has 5 aliphatic rings. The quantitative estimate of drug-likeness (QED) is 0.0167. The van der Waals surface area contributed by atoms with E-state index < -0.39 is 57.0 Å². The van der Waals surface area contributed by atoms with Gasteiger partial charge in [0.15, 0.2) is 0 Å². The fraction of sp³-hybridized carbons (Fsp3) is 0.333. The van der Waals surface area contributed by atoms with Crippen molar-refractivity contribution in [1.82, 2.24) is 53.9 Å². The maximum atomic E-state index is 13.1. The number of nitrogens with zero attached hydrogens (tertiary/aromatic N) is 11. The van der Waals surface area contributed by atoms with Crippen molar-refractivity contribution in [2.24, 2.45) is 0 Å². The van der Waals surface area contributed by atoms with E-state index in [0.29, 0.717) is 102 Å². The molecule has 0 aromatic heterocycles. The molecule has 1 fully saturated rings. The molecule has 1 saturated heterocycles. The van der Waals surface area contributed by atoms with E-state index >= 15 is 0 Å².